The summed E-state index contributed by atoms with van der Waals surface area (Å²) < 4.78 is 17.2. The highest BCUT2D eigenvalue weighted by molar-refractivity contribution is 5.47. The third kappa shape index (κ3) is 7.08. The van der Waals surface area contributed by atoms with E-state index in [0.29, 0.717) is 6.61 Å². The molecule has 1 unspecified atom stereocenters. The fourth-order valence-corrected chi connectivity index (χ4v) is 3.26. The van der Waals surface area contributed by atoms with Crippen molar-refractivity contribution in [3.63, 3.8) is 0 Å². The molecular weight excluding hydrogens is 350 g/mol. The van der Waals surface area contributed by atoms with E-state index in [-0.39, 0.29) is 6.10 Å². The lowest BCUT2D eigenvalue weighted by Gasteiger charge is -2.12. The lowest BCUT2D eigenvalue weighted by atomic mass is 10.2. The van der Waals surface area contributed by atoms with Gasteiger partial charge in [0.15, 0.2) is 0 Å². The van der Waals surface area contributed by atoms with Crippen molar-refractivity contribution in [1.82, 2.24) is 0 Å². The van der Waals surface area contributed by atoms with E-state index in [1.54, 1.807) is 0 Å². The summed E-state index contributed by atoms with van der Waals surface area (Å²) in [5, 5.41) is 3.45. The van der Waals surface area contributed by atoms with Crippen LogP contribution in [-0.2, 0) is 11.3 Å². The predicted molar refractivity (Wildman–Crippen MR) is 114 cm³/mol. The van der Waals surface area contributed by atoms with Crippen LogP contribution in [0.25, 0.3) is 0 Å². The fourth-order valence-electron chi connectivity index (χ4n) is 3.26. The van der Waals surface area contributed by atoms with Crippen LogP contribution in [0.2, 0.25) is 0 Å². The second-order valence-corrected chi connectivity index (χ2v) is 7.38. The van der Waals surface area contributed by atoms with Crippen molar-refractivity contribution in [2.75, 3.05) is 25.1 Å². The highest BCUT2D eigenvalue weighted by Gasteiger charge is 2.15. The average Bonchev–Trinajstić information content (AvgIpc) is 3.26. The van der Waals surface area contributed by atoms with E-state index in [4.69, 9.17) is 14.2 Å². The molecule has 0 saturated carbocycles. The summed E-state index contributed by atoms with van der Waals surface area (Å²) in [5.41, 5.74) is 2.32. The third-order valence-corrected chi connectivity index (χ3v) is 5.00. The van der Waals surface area contributed by atoms with Gasteiger partial charge >= 0.3 is 0 Å². The van der Waals surface area contributed by atoms with Crippen molar-refractivity contribution in [2.45, 2.75) is 58.1 Å². The molecule has 1 atom stereocenters. The van der Waals surface area contributed by atoms with Gasteiger partial charge in [0.2, 0.25) is 0 Å². The molecule has 4 nitrogen and oxygen atoms in total. The van der Waals surface area contributed by atoms with Gasteiger partial charge in [-0.05, 0) is 61.2 Å². The summed E-state index contributed by atoms with van der Waals surface area (Å²) >= 11 is 0. The lowest BCUT2D eigenvalue weighted by molar-refractivity contribution is 0.0679. The predicted octanol–water partition coefficient (Wildman–Crippen LogP) is 5.82. The summed E-state index contributed by atoms with van der Waals surface area (Å²) in [6, 6.07) is 16.5. The molecule has 0 bridgehead atoms. The first-order valence-electron chi connectivity index (χ1n) is 10.6. The van der Waals surface area contributed by atoms with E-state index in [1.165, 1.54) is 24.8 Å². The van der Waals surface area contributed by atoms with Crippen LogP contribution < -0.4 is 14.8 Å². The summed E-state index contributed by atoms with van der Waals surface area (Å²) in [5.74, 6) is 1.84. The summed E-state index contributed by atoms with van der Waals surface area (Å²) in [6.07, 6.45) is 7.41. The number of hydrogen-bond donors (Lipinski definition) is 1. The number of anilines is 1. The molecule has 152 valence electrons. The molecule has 0 aliphatic carbocycles. The van der Waals surface area contributed by atoms with E-state index >= 15 is 0 Å². The van der Waals surface area contributed by atoms with Gasteiger partial charge in [-0.25, -0.2) is 0 Å². The molecule has 0 spiro atoms. The van der Waals surface area contributed by atoms with Gasteiger partial charge in [0.25, 0.3) is 0 Å². The Labute approximate surface area is 169 Å². The number of hydrogen-bond acceptors (Lipinski definition) is 4. The normalized spacial score (nSPS) is 16.1. The molecule has 3 rings (SSSR count). The third-order valence-electron chi connectivity index (χ3n) is 5.00. The molecule has 2 aromatic carbocycles. The van der Waals surface area contributed by atoms with Gasteiger partial charge in [-0.1, -0.05) is 38.3 Å². The van der Waals surface area contributed by atoms with Crippen molar-refractivity contribution in [3.8, 4) is 11.5 Å². The molecule has 0 aromatic heterocycles. The maximum atomic E-state index is 5.82. The highest BCUT2D eigenvalue weighted by atomic mass is 16.5. The Hall–Kier alpha value is -2.20. The van der Waals surface area contributed by atoms with Gasteiger partial charge in [-0.3, -0.25) is 0 Å². The van der Waals surface area contributed by atoms with Gasteiger partial charge in [0.05, 0.1) is 12.7 Å². The minimum Gasteiger partial charge on any atom is -0.494 e. The lowest BCUT2D eigenvalue weighted by Crippen LogP contribution is -2.16. The van der Waals surface area contributed by atoms with E-state index in [2.05, 4.69) is 36.5 Å². The SMILES string of the molecule is CCCCCCOc1ccc(NCc2ccc(OCC3CCCO3)cc2)cc1. The Morgan fingerprint density at radius 2 is 1.68 bits per heavy atom. The van der Waals surface area contributed by atoms with E-state index < -0.39 is 0 Å². The molecule has 1 fully saturated rings. The van der Waals surface area contributed by atoms with Crippen LogP contribution in [0.1, 0.15) is 51.0 Å². The first-order valence-corrected chi connectivity index (χ1v) is 10.6. The number of rotatable bonds is 12. The first-order chi connectivity index (χ1) is 13.8. The highest BCUT2D eigenvalue weighted by Crippen LogP contribution is 2.19. The number of unbranched alkanes of at least 4 members (excludes halogenated alkanes) is 3. The Morgan fingerprint density at radius 1 is 0.929 bits per heavy atom. The van der Waals surface area contributed by atoms with Gasteiger partial charge in [-0.15, -0.1) is 0 Å². The Kier molecular flexibility index (Phi) is 8.51. The molecule has 28 heavy (non-hydrogen) atoms. The second-order valence-electron chi connectivity index (χ2n) is 7.38. The molecule has 0 amide bonds. The summed E-state index contributed by atoms with van der Waals surface area (Å²) in [4.78, 5) is 0. The van der Waals surface area contributed by atoms with Crippen molar-refractivity contribution < 1.29 is 14.2 Å². The van der Waals surface area contributed by atoms with Crippen LogP contribution in [0.4, 0.5) is 5.69 Å². The Balaban J connectivity index is 1.36. The fraction of sp³-hybridized carbons (Fsp3) is 0.500. The van der Waals surface area contributed by atoms with Crippen molar-refractivity contribution in [3.05, 3.63) is 54.1 Å². The number of benzene rings is 2. The molecule has 1 N–H and O–H groups in total. The average molecular weight is 384 g/mol. The Bertz CT molecular complexity index is 663. The maximum absolute atomic E-state index is 5.82. The van der Waals surface area contributed by atoms with Gasteiger partial charge in [0, 0.05) is 18.8 Å². The Morgan fingerprint density at radius 3 is 2.39 bits per heavy atom. The maximum Gasteiger partial charge on any atom is 0.119 e. The molecule has 1 heterocycles. The topological polar surface area (TPSA) is 39.7 Å². The molecule has 1 aliphatic heterocycles. The van der Waals surface area contributed by atoms with Crippen molar-refractivity contribution in [2.24, 2.45) is 0 Å². The minimum atomic E-state index is 0.254. The van der Waals surface area contributed by atoms with Crippen molar-refractivity contribution in [1.29, 1.82) is 0 Å². The smallest absolute Gasteiger partial charge is 0.119 e. The van der Waals surface area contributed by atoms with Crippen LogP contribution in [0.5, 0.6) is 11.5 Å². The van der Waals surface area contributed by atoms with Crippen molar-refractivity contribution >= 4 is 5.69 Å². The zero-order valence-corrected chi connectivity index (χ0v) is 17.0. The monoisotopic (exact) mass is 383 g/mol. The van der Waals surface area contributed by atoms with Gasteiger partial charge in [0.1, 0.15) is 18.1 Å². The number of nitrogens with one attached hydrogen (secondary N) is 1. The summed E-state index contributed by atoms with van der Waals surface area (Å²) in [7, 11) is 0. The van der Waals surface area contributed by atoms with Gasteiger partial charge in [-0.2, -0.15) is 0 Å². The zero-order chi connectivity index (χ0) is 19.4. The van der Waals surface area contributed by atoms with Gasteiger partial charge < -0.3 is 19.5 Å². The molecule has 2 aromatic rings. The zero-order valence-electron chi connectivity index (χ0n) is 17.0. The van der Waals surface area contributed by atoms with Crippen LogP contribution in [-0.4, -0.2) is 25.9 Å². The molecule has 1 aliphatic rings. The van der Waals surface area contributed by atoms with Crippen LogP contribution >= 0.6 is 0 Å². The van der Waals surface area contributed by atoms with E-state index in [1.807, 2.05) is 24.3 Å². The quantitative estimate of drug-likeness (QED) is 0.469. The standard InChI is InChI=1S/C24H33NO3/c1-2-3-4-5-16-26-22-14-10-21(11-15-22)25-18-20-8-12-23(13-9-20)28-19-24-7-6-17-27-24/h8-15,24-25H,2-7,16-19H2,1H3. The molecular formula is C24H33NO3. The van der Waals surface area contributed by atoms with Crippen LogP contribution in [0.15, 0.2) is 48.5 Å². The summed E-state index contributed by atoms with van der Waals surface area (Å²) in [6.45, 7) is 5.31. The molecule has 1 saturated heterocycles. The van der Waals surface area contributed by atoms with E-state index in [0.717, 1.165) is 56.2 Å². The minimum absolute atomic E-state index is 0.254. The number of ether oxygens (including phenoxy) is 3. The van der Waals surface area contributed by atoms with Crippen LogP contribution in [0.3, 0.4) is 0 Å². The van der Waals surface area contributed by atoms with E-state index in [9.17, 15) is 0 Å². The first kappa shape index (κ1) is 20.5. The molecule has 0 radical (unpaired) electrons. The second kappa shape index (κ2) is 11.6. The largest absolute Gasteiger partial charge is 0.494 e. The molecule has 4 heteroatoms. The van der Waals surface area contributed by atoms with Crippen LogP contribution in [0, 0.1) is 0 Å².